The molecule has 1 fully saturated rings. The first kappa shape index (κ1) is 14.5. The van der Waals surface area contributed by atoms with Crippen molar-refractivity contribution in [2.75, 3.05) is 13.9 Å². The van der Waals surface area contributed by atoms with E-state index >= 15 is 0 Å². The van der Waals surface area contributed by atoms with E-state index in [1.54, 1.807) is 0 Å². The number of phosphoric acid groups is 2. The Balaban J connectivity index is 2.82. The van der Waals surface area contributed by atoms with Gasteiger partial charge in [0.2, 0.25) is 0 Å². The number of methoxy groups -OCH3 is 1. The van der Waals surface area contributed by atoms with Crippen molar-refractivity contribution in [3.8, 4) is 0 Å². The standard InChI is InChI=1S/C2H5O10P4/c1-7-2-8-15(5)10-14(4)11-16(6,12-15)9-13-3/h2H2,1H3/q+1. The average molecular weight is 313 g/mol. The minimum atomic E-state index is -4.51. The molecular weight excluding hydrogens is 308 g/mol. The van der Waals surface area contributed by atoms with E-state index in [0.29, 0.717) is 0 Å². The van der Waals surface area contributed by atoms with Gasteiger partial charge in [0.15, 0.2) is 6.79 Å². The summed E-state index contributed by atoms with van der Waals surface area (Å²) in [6.45, 7) is -0.532. The molecule has 0 aromatic rings. The third kappa shape index (κ3) is 4.02. The van der Waals surface area contributed by atoms with Gasteiger partial charge in [-0.15, -0.1) is 0 Å². The zero-order valence-corrected chi connectivity index (χ0v) is 11.2. The molecule has 1 heterocycles. The van der Waals surface area contributed by atoms with E-state index in [-0.39, 0.29) is 0 Å². The molecule has 0 bridgehead atoms. The van der Waals surface area contributed by atoms with E-state index in [9.17, 15) is 18.3 Å². The zero-order chi connectivity index (χ0) is 12.2. The Morgan fingerprint density at radius 1 is 1.31 bits per heavy atom. The van der Waals surface area contributed by atoms with Gasteiger partial charge in [0, 0.05) is 11.7 Å². The Hall–Kier alpha value is 0.420. The van der Waals surface area contributed by atoms with Gasteiger partial charge in [0.25, 0.3) is 0 Å². The van der Waals surface area contributed by atoms with Crippen LogP contribution in [0.5, 0.6) is 0 Å². The number of rotatable bonds is 5. The first-order valence-electron chi connectivity index (χ1n) is 3.36. The molecule has 3 atom stereocenters. The summed E-state index contributed by atoms with van der Waals surface area (Å²) in [7, 11) is -11.8. The minimum Gasteiger partial charge on any atom is -0.358 e. The van der Waals surface area contributed by atoms with Gasteiger partial charge in [-0.2, -0.15) is 8.62 Å². The van der Waals surface area contributed by atoms with Gasteiger partial charge >= 0.3 is 32.6 Å². The highest BCUT2D eigenvalue weighted by molar-refractivity contribution is 7.73. The minimum absolute atomic E-state index is 0.532. The molecule has 1 saturated heterocycles. The van der Waals surface area contributed by atoms with E-state index in [1.165, 1.54) is 7.11 Å². The van der Waals surface area contributed by atoms with Gasteiger partial charge in [0.05, 0.1) is 0 Å². The van der Waals surface area contributed by atoms with Crippen LogP contribution in [0.3, 0.4) is 0 Å². The second kappa shape index (κ2) is 5.85. The molecule has 92 valence electrons. The second-order valence-electron chi connectivity index (χ2n) is 2.05. The number of hydrogen-bond donors (Lipinski definition) is 0. The lowest BCUT2D eigenvalue weighted by Crippen LogP contribution is -2.03. The summed E-state index contributed by atoms with van der Waals surface area (Å²) < 4.78 is 69.2. The van der Waals surface area contributed by atoms with Crippen LogP contribution in [0.15, 0.2) is 0 Å². The fourth-order valence-corrected chi connectivity index (χ4v) is 5.73. The first-order chi connectivity index (χ1) is 7.43. The summed E-state index contributed by atoms with van der Waals surface area (Å²) in [4.78, 5) is 0. The lowest BCUT2D eigenvalue weighted by atomic mass is 11.4. The molecule has 16 heavy (non-hydrogen) atoms. The Kier molecular flexibility index (Phi) is 5.29. The van der Waals surface area contributed by atoms with Crippen molar-refractivity contribution in [2.45, 2.75) is 0 Å². The number of ether oxygens (including phenoxy) is 1. The highest BCUT2D eigenvalue weighted by Crippen LogP contribution is 2.77. The molecule has 14 heteroatoms. The normalized spacial score (nSPS) is 37.7. The summed E-state index contributed by atoms with van der Waals surface area (Å²) in [5, 5.41) is 0. The van der Waals surface area contributed by atoms with E-state index in [0.717, 1.165) is 0 Å². The Bertz CT molecular complexity index is 375. The van der Waals surface area contributed by atoms with Crippen molar-refractivity contribution in [1.82, 2.24) is 0 Å². The van der Waals surface area contributed by atoms with Crippen LogP contribution in [0.2, 0.25) is 0 Å². The van der Waals surface area contributed by atoms with Gasteiger partial charge in [0.1, 0.15) is 0 Å². The summed E-state index contributed by atoms with van der Waals surface area (Å²) in [6, 6.07) is 0. The van der Waals surface area contributed by atoms with E-state index in [2.05, 4.69) is 26.5 Å². The quantitative estimate of drug-likeness (QED) is 0.552. The highest BCUT2D eigenvalue weighted by atomic mass is 31.3. The predicted molar refractivity (Wildman–Crippen MR) is 47.7 cm³/mol. The zero-order valence-electron chi connectivity index (χ0n) is 7.58. The molecule has 0 aromatic carbocycles. The van der Waals surface area contributed by atoms with Crippen LogP contribution in [-0.2, 0) is 44.8 Å². The molecule has 1 rings (SSSR count). The third-order valence-corrected chi connectivity index (χ3v) is 6.75. The van der Waals surface area contributed by atoms with E-state index in [1.807, 2.05) is 0 Å². The topological polar surface area (TPSA) is 124 Å². The molecule has 3 unspecified atom stereocenters. The summed E-state index contributed by atoms with van der Waals surface area (Å²) in [6.07, 6.45) is 0. The molecule has 0 amide bonds. The molecule has 1 aliphatic rings. The van der Waals surface area contributed by atoms with Crippen LogP contribution in [0, 0.1) is 0 Å². The van der Waals surface area contributed by atoms with Crippen LogP contribution in [0.25, 0.3) is 0 Å². The SMILES string of the molecule is COCOP1(=O)O[P+](=O)OP(=O)(OP=O)O1. The average Bonchev–Trinajstić information content (AvgIpc) is 2.12. The molecule has 0 spiro atoms. The molecular formula is C2H5O10P4+. The lowest BCUT2D eigenvalue weighted by Gasteiger charge is -2.16. The summed E-state index contributed by atoms with van der Waals surface area (Å²) in [5.74, 6) is 0. The predicted octanol–water partition coefficient (Wildman–Crippen LogP) is 2.77. The van der Waals surface area contributed by atoms with Crippen LogP contribution < -0.4 is 0 Å². The fourth-order valence-electron chi connectivity index (χ4n) is 0.566. The first-order valence-corrected chi connectivity index (χ1v) is 8.11. The van der Waals surface area contributed by atoms with Crippen LogP contribution in [0.1, 0.15) is 0 Å². The Morgan fingerprint density at radius 3 is 2.50 bits per heavy atom. The van der Waals surface area contributed by atoms with E-state index in [4.69, 9.17) is 0 Å². The van der Waals surface area contributed by atoms with Crippen LogP contribution >= 0.6 is 32.6 Å². The molecule has 1 aliphatic heterocycles. The van der Waals surface area contributed by atoms with Crippen molar-refractivity contribution in [3.05, 3.63) is 0 Å². The maximum absolute atomic E-state index is 11.5. The van der Waals surface area contributed by atoms with Crippen molar-refractivity contribution >= 4 is 32.6 Å². The fraction of sp³-hybridized carbons (Fsp3) is 1.00. The van der Waals surface area contributed by atoms with Gasteiger partial charge in [-0.25, -0.2) is 13.7 Å². The number of hydrogen-bond acceptors (Lipinski definition) is 10. The van der Waals surface area contributed by atoms with Crippen molar-refractivity contribution in [3.63, 3.8) is 0 Å². The maximum atomic E-state index is 11.5. The van der Waals surface area contributed by atoms with Crippen LogP contribution in [0.4, 0.5) is 0 Å². The smallest absolute Gasteiger partial charge is 0.358 e. The Morgan fingerprint density at radius 2 is 1.94 bits per heavy atom. The molecule has 0 saturated carbocycles. The monoisotopic (exact) mass is 313 g/mol. The maximum Gasteiger partial charge on any atom is 0.719 e. The lowest BCUT2D eigenvalue weighted by molar-refractivity contribution is 0.0277. The Labute approximate surface area is 92.0 Å². The van der Waals surface area contributed by atoms with Crippen molar-refractivity contribution in [2.24, 2.45) is 0 Å². The van der Waals surface area contributed by atoms with Gasteiger partial charge < -0.3 is 4.74 Å². The molecule has 0 radical (unpaired) electrons. The van der Waals surface area contributed by atoms with Crippen LogP contribution in [-0.4, -0.2) is 13.9 Å². The van der Waals surface area contributed by atoms with Crippen molar-refractivity contribution < 1.29 is 44.8 Å². The van der Waals surface area contributed by atoms with Gasteiger partial charge in [-0.3, -0.25) is 4.52 Å². The molecule has 10 nitrogen and oxygen atoms in total. The van der Waals surface area contributed by atoms with Gasteiger partial charge in [-0.05, 0) is 8.62 Å². The third-order valence-electron chi connectivity index (χ3n) is 0.995. The van der Waals surface area contributed by atoms with Gasteiger partial charge in [-0.1, -0.05) is 0 Å². The van der Waals surface area contributed by atoms with Crippen molar-refractivity contribution in [1.29, 1.82) is 0 Å². The molecule has 0 aromatic heterocycles. The molecule has 0 aliphatic carbocycles. The highest BCUT2D eigenvalue weighted by Gasteiger charge is 2.59. The largest absolute Gasteiger partial charge is 0.719 e. The summed E-state index contributed by atoms with van der Waals surface area (Å²) in [5.41, 5.74) is 0. The summed E-state index contributed by atoms with van der Waals surface area (Å²) >= 11 is 0. The molecule has 0 N–H and O–H groups in total. The second-order valence-corrected chi connectivity index (χ2v) is 7.31. The van der Waals surface area contributed by atoms with E-state index < -0.39 is 39.4 Å².